The molecule has 0 saturated carbocycles. The van der Waals surface area contributed by atoms with Crippen LogP contribution in [-0.4, -0.2) is 84.7 Å². The summed E-state index contributed by atoms with van der Waals surface area (Å²) in [5, 5.41) is 17.8. The van der Waals surface area contributed by atoms with Gasteiger partial charge in [0, 0.05) is 22.3 Å². The van der Waals surface area contributed by atoms with Gasteiger partial charge in [0.1, 0.15) is 37.9 Å². The second-order valence-electron chi connectivity index (χ2n) is 13.2. The molecule has 3 unspecified atom stereocenters. The molecule has 0 bridgehead atoms. The van der Waals surface area contributed by atoms with Crippen molar-refractivity contribution in [3.63, 3.8) is 0 Å². The van der Waals surface area contributed by atoms with E-state index in [1.807, 2.05) is 62.4 Å². The first-order chi connectivity index (χ1) is 27.0. The molecule has 0 radical (unpaired) electrons. The topological polar surface area (TPSA) is 198 Å². The highest BCUT2D eigenvalue weighted by molar-refractivity contribution is 5.87. The van der Waals surface area contributed by atoms with Gasteiger partial charge in [0.2, 0.25) is 0 Å². The van der Waals surface area contributed by atoms with Crippen molar-refractivity contribution in [1.29, 1.82) is 0 Å². The molecule has 57 heavy (non-hydrogen) atoms. The van der Waals surface area contributed by atoms with Crippen LogP contribution in [0.2, 0.25) is 0 Å². The third kappa shape index (κ3) is 17.9. The summed E-state index contributed by atoms with van der Waals surface area (Å²) in [6.07, 6.45) is 4.53. The van der Waals surface area contributed by atoms with Gasteiger partial charge in [0.15, 0.2) is 12.2 Å². The van der Waals surface area contributed by atoms with Crippen LogP contribution in [0.1, 0.15) is 88.5 Å². The molecule has 2 rings (SSSR count). The van der Waals surface area contributed by atoms with E-state index in [0.29, 0.717) is 17.9 Å². The molecule has 308 valence electrons. The van der Waals surface area contributed by atoms with E-state index in [0.717, 1.165) is 22.3 Å². The second kappa shape index (κ2) is 24.4. The smallest absolute Gasteiger partial charge is 0.333 e. The lowest BCUT2D eigenvalue weighted by Crippen LogP contribution is -2.31. The lowest BCUT2D eigenvalue weighted by molar-refractivity contribution is -0.160. The Morgan fingerprint density at radius 1 is 0.649 bits per heavy atom. The molecule has 0 fully saturated rings. The molecule has 2 N–H and O–H groups in total. The second-order valence-corrected chi connectivity index (χ2v) is 13.2. The molecule has 0 saturated heterocycles. The van der Waals surface area contributed by atoms with Crippen molar-refractivity contribution < 1.29 is 67.4 Å². The average Bonchev–Trinajstić information content (AvgIpc) is 3.15. The van der Waals surface area contributed by atoms with Crippen molar-refractivity contribution in [2.75, 3.05) is 26.4 Å². The number of hydrogen-bond donors (Lipinski definition) is 2. The van der Waals surface area contributed by atoms with Gasteiger partial charge in [0.25, 0.3) is 0 Å². The van der Waals surface area contributed by atoms with Gasteiger partial charge in [-0.3, -0.25) is 19.2 Å². The number of carbonyl (C=O) groups excluding carboxylic acids is 4. The van der Waals surface area contributed by atoms with Crippen LogP contribution in [0.3, 0.4) is 0 Å². The summed E-state index contributed by atoms with van der Waals surface area (Å²) in [5.74, 6) is -4.17. The zero-order valence-electron chi connectivity index (χ0n) is 33.1. The van der Waals surface area contributed by atoms with Crippen LogP contribution in [-0.2, 0) is 54.1 Å². The Hall–Kier alpha value is -6.18. The highest BCUT2D eigenvalue weighted by Gasteiger charge is 2.22. The van der Waals surface area contributed by atoms with E-state index in [4.69, 9.17) is 38.6 Å². The number of benzene rings is 2. The van der Waals surface area contributed by atoms with Gasteiger partial charge in [-0.15, -0.1) is 0 Å². The van der Waals surface area contributed by atoms with Crippen molar-refractivity contribution in [1.82, 2.24) is 0 Å². The van der Waals surface area contributed by atoms with Crippen molar-refractivity contribution in [3.8, 4) is 11.5 Å². The average molecular weight is 793 g/mol. The quantitative estimate of drug-likeness (QED) is 0.0616. The first-order valence-corrected chi connectivity index (χ1v) is 18.3. The Kier molecular flexibility index (Phi) is 20.1. The third-order valence-electron chi connectivity index (χ3n) is 7.94. The molecule has 0 amide bonds. The fraction of sp³-hybridized carbons (Fsp3) is 0.395. The number of carboxylic acid groups (broad SMARTS) is 2. The van der Waals surface area contributed by atoms with Crippen LogP contribution < -0.4 is 9.47 Å². The summed E-state index contributed by atoms with van der Waals surface area (Å²) in [7, 11) is 0. The van der Waals surface area contributed by atoms with Gasteiger partial charge in [-0.2, -0.15) is 0 Å². The van der Waals surface area contributed by atoms with Crippen molar-refractivity contribution in [2.24, 2.45) is 0 Å². The summed E-state index contributed by atoms with van der Waals surface area (Å²) in [6, 6.07) is 11.4. The highest BCUT2D eigenvalue weighted by atomic mass is 16.6. The number of allylic oxidation sites excluding steroid dienone is 2. The molecule has 0 aliphatic rings. The Balaban J connectivity index is 2.22. The molecule has 14 nitrogen and oxygen atoms in total. The number of carboxylic acids is 2. The Morgan fingerprint density at radius 2 is 1.09 bits per heavy atom. The van der Waals surface area contributed by atoms with Crippen LogP contribution in [0.5, 0.6) is 11.5 Å². The van der Waals surface area contributed by atoms with Gasteiger partial charge in [-0.1, -0.05) is 56.5 Å². The highest BCUT2D eigenvalue weighted by Crippen LogP contribution is 2.30. The van der Waals surface area contributed by atoms with Gasteiger partial charge < -0.3 is 38.6 Å². The molecule has 0 aliphatic carbocycles. The van der Waals surface area contributed by atoms with E-state index in [9.17, 15) is 28.8 Å². The van der Waals surface area contributed by atoms with Gasteiger partial charge in [0.05, 0.1) is 25.7 Å². The molecule has 14 heteroatoms. The standard InChI is InChI=1S/C43H52O14/c1-8-10-32-21-30(12-14-36(32)52-23-34(25-54-42(50)27(3)4)56-40(48)18-16-38(44)45)20-29(7)31-13-15-37(33(22-31)11-9-2)53-24-35(26-55-43(51)28(5)6)57-41(49)19-17-39(46)47/h8-15,21-22,29,34-35H,3,5,16-20,23-26H2,1-2,4,6-7H3,(H,44,45)(H,46,47). The summed E-state index contributed by atoms with van der Waals surface area (Å²) in [6.45, 7) is 14.9. The van der Waals surface area contributed by atoms with E-state index in [1.54, 1.807) is 12.1 Å². The molecule has 0 aromatic heterocycles. The van der Waals surface area contributed by atoms with Crippen LogP contribution in [0.25, 0.3) is 12.2 Å². The van der Waals surface area contributed by atoms with E-state index in [-0.39, 0.29) is 56.3 Å². The fourth-order valence-electron chi connectivity index (χ4n) is 5.04. The van der Waals surface area contributed by atoms with Crippen molar-refractivity contribution in [3.05, 3.63) is 95.1 Å². The molecule has 2 aromatic rings. The number of rotatable bonds is 25. The summed E-state index contributed by atoms with van der Waals surface area (Å²) < 4.78 is 33.2. The maximum absolute atomic E-state index is 12.3. The molecular formula is C43H52O14. The number of esters is 4. The maximum Gasteiger partial charge on any atom is 0.333 e. The molecular weight excluding hydrogens is 740 g/mol. The third-order valence-corrected chi connectivity index (χ3v) is 7.94. The number of ether oxygens (including phenoxy) is 6. The van der Waals surface area contributed by atoms with Crippen LogP contribution in [0, 0.1) is 0 Å². The molecule has 0 spiro atoms. The monoisotopic (exact) mass is 792 g/mol. The lowest BCUT2D eigenvalue weighted by Gasteiger charge is -2.21. The summed E-state index contributed by atoms with van der Waals surface area (Å²) in [5.41, 5.74) is 3.84. The zero-order valence-corrected chi connectivity index (χ0v) is 33.1. The Morgan fingerprint density at radius 3 is 1.51 bits per heavy atom. The van der Waals surface area contributed by atoms with Crippen LogP contribution in [0.15, 0.2) is 72.9 Å². The predicted molar refractivity (Wildman–Crippen MR) is 210 cm³/mol. The van der Waals surface area contributed by atoms with Crippen molar-refractivity contribution in [2.45, 2.75) is 84.8 Å². The van der Waals surface area contributed by atoms with E-state index >= 15 is 0 Å². The minimum atomic E-state index is -1.15. The predicted octanol–water partition coefficient (Wildman–Crippen LogP) is 6.65. The number of aliphatic carboxylic acids is 2. The van der Waals surface area contributed by atoms with E-state index in [2.05, 4.69) is 20.1 Å². The Bertz CT molecular complexity index is 1820. The SMILES string of the molecule is C=C(C)C(=O)OCC(COc1ccc(CC(C)c2ccc(OCC(COC(=O)C(=C)C)OC(=O)CCC(=O)O)c(C=CC)c2)cc1C=CC)OC(=O)CCC(=O)O. The van der Waals surface area contributed by atoms with Crippen LogP contribution in [0.4, 0.5) is 0 Å². The van der Waals surface area contributed by atoms with Gasteiger partial charge in [-0.25, -0.2) is 9.59 Å². The molecule has 0 aliphatic heterocycles. The maximum atomic E-state index is 12.3. The lowest BCUT2D eigenvalue weighted by atomic mass is 9.91. The summed E-state index contributed by atoms with van der Waals surface area (Å²) >= 11 is 0. The number of carbonyl (C=O) groups is 6. The first kappa shape index (κ1) is 47.0. The fourth-order valence-corrected chi connectivity index (χ4v) is 5.04. The van der Waals surface area contributed by atoms with Gasteiger partial charge in [-0.05, 0) is 75.4 Å². The minimum Gasteiger partial charge on any atom is -0.489 e. The summed E-state index contributed by atoms with van der Waals surface area (Å²) in [4.78, 5) is 70.4. The van der Waals surface area contributed by atoms with E-state index < -0.39 is 60.9 Å². The van der Waals surface area contributed by atoms with E-state index in [1.165, 1.54) is 13.8 Å². The van der Waals surface area contributed by atoms with Crippen LogP contribution >= 0.6 is 0 Å². The largest absolute Gasteiger partial charge is 0.489 e. The molecule has 2 aromatic carbocycles. The molecule has 3 atom stereocenters. The zero-order chi connectivity index (χ0) is 42.5. The number of hydrogen-bond acceptors (Lipinski definition) is 12. The van der Waals surface area contributed by atoms with Gasteiger partial charge >= 0.3 is 35.8 Å². The first-order valence-electron chi connectivity index (χ1n) is 18.3. The normalized spacial score (nSPS) is 12.6. The minimum absolute atomic E-state index is 0.0374. The van der Waals surface area contributed by atoms with Crippen molar-refractivity contribution >= 4 is 48.0 Å². The Labute approximate surface area is 332 Å². The molecule has 0 heterocycles.